The van der Waals surface area contributed by atoms with Gasteiger partial charge in [-0.05, 0) is 39.0 Å². The van der Waals surface area contributed by atoms with Crippen LogP contribution in [0.15, 0.2) is 4.52 Å². The SMILES string of the molecule is Cc1noc([C@@H]2CC[C@H](CNS(=O)(=O)CC3CCCCO3)O2)n1. The van der Waals surface area contributed by atoms with Crippen molar-refractivity contribution in [2.24, 2.45) is 0 Å². The third kappa shape index (κ3) is 4.72. The van der Waals surface area contributed by atoms with Crippen molar-refractivity contribution in [1.29, 1.82) is 0 Å². The van der Waals surface area contributed by atoms with Gasteiger partial charge in [0, 0.05) is 13.2 Å². The molecule has 2 saturated heterocycles. The van der Waals surface area contributed by atoms with Crippen molar-refractivity contribution < 1.29 is 22.4 Å². The molecule has 130 valence electrons. The second-order valence-corrected chi connectivity index (χ2v) is 7.97. The minimum absolute atomic E-state index is 0.0198. The van der Waals surface area contributed by atoms with E-state index in [0.29, 0.717) is 18.3 Å². The highest BCUT2D eigenvalue weighted by Gasteiger charge is 2.31. The molecular weight excluding hydrogens is 322 g/mol. The topological polar surface area (TPSA) is 104 Å². The zero-order valence-electron chi connectivity index (χ0n) is 13.2. The Morgan fingerprint density at radius 3 is 2.78 bits per heavy atom. The summed E-state index contributed by atoms with van der Waals surface area (Å²) in [5, 5.41) is 3.74. The van der Waals surface area contributed by atoms with Crippen molar-refractivity contribution >= 4 is 10.0 Å². The number of nitrogens with zero attached hydrogens (tertiary/aromatic N) is 2. The number of hydrogen-bond donors (Lipinski definition) is 1. The first kappa shape index (κ1) is 16.8. The van der Waals surface area contributed by atoms with Crippen molar-refractivity contribution in [3.05, 3.63) is 11.7 Å². The van der Waals surface area contributed by atoms with E-state index in [-0.39, 0.29) is 30.6 Å². The Hall–Kier alpha value is -1.03. The van der Waals surface area contributed by atoms with Gasteiger partial charge in [0.1, 0.15) is 6.10 Å². The van der Waals surface area contributed by atoms with Crippen molar-refractivity contribution in [2.45, 2.75) is 57.3 Å². The lowest BCUT2D eigenvalue weighted by Gasteiger charge is -2.22. The van der Waals surface area contributed by atoms with Crippen LogP contribution in [-0.4, -0.2) is 49.7 Å². The van der Waals surface area contributed by atoms with E-state index in [0.717, 1.165) is 32.1 Å². The zero-order chi connectivity index (χ0) is 16.3. The number of aromatic nitrogens is 2. The molecule has 1 aromatic heterocycles. The fraction of sp³-hybridized carbons (Fsp3) is 0.857. The van der Waals surface area contributed by atoms with Crippen LogP contribution in [0, 0.1) is 6.92 Å². The van der Waals surface area contributed by atoms with Crippen molar-refractivity contribution in [2.75, 3.05) is 18.9 Å². The van der Waals surface area contributed by atoms with Crippen LogP contribution in [0.25, 0.3) is 0 Å². The molecule has 0 amide bonds. The summed E-state index contributed by atoms with van der Waals surface area (Å²) in [5.74, 6) is 1.05. The third-order valence-electron chi connectivity index (χ3n) is 4.14. The molecule has 0 spiro atoms. The van der Waals surface area contributed by atoms with E-state index in [1.807, 2.05) is 0 Å². The van der Waals surface area contributed by atoms with E-state index in [1.54, 1.807) is 6.92 Å². The number of aryl methyl sites for hydroxylation is 1. The molecule has 0 saturated carbocycles. The maximum absolute atomic E-state index is 12.1. The highest BCUT2D eigenvalue weighted by molar-refractivity contribution is 7.89. The van der Waals surface area contributed by atoms with Crippen LogP contribution in [0.1, 0.15) is 49.9 Å². The summed E-state index contributed by atoms with van der Waals surface area (Å²) in [6.07, 6.45) is 3.74. The Bertz CT molecular complexity index is 612. The Morgan fingerprint density at radius 1 is 1.22 bits per heavy atom. The van der Waals surface area contributed by atoms with Gasteiger partial charge in [0.15, 0.2) is 5.82 Å². The lowest BCUT2D eigenvalue weighted by molar-refractivity contribution is 0.0271. The molecule has 23 heavy (non-hydrogen) atoms. The molecule has 9 heteroatoms. The summed E-state index contributed by atoms with van der Waals surface area (Å²) in [6, 6.07) is 0. The second-order valence-electron chi connectivity index (χ2n) is 6.12. The second kappa shape index (κ2) is 7.25. The monoisotopic (exact) mass is 345 g/mol. The number of nitrogens with one attached hydrogen (secondary N) is 1. The average molecular weight is 345 g/mol. The van der Waals surface area contributed by atoms with E-state index in [4.69, 9.17) is 14.0 Å². The standard InChI is InChI=1S/C14H23N3O5S/c1-10-16-14(22-17-10)13-6-5-11(21-13)8-15-23(18,19)9-12-4-2-3-7-20-12/h11-13,15H,2-9H2,1H3/t11-,12?,13+/m1/s1. The number of sulfonamides is 1. The molecule has 3 rings (SSSR count). The van der Waals surface area contributed by atoms with Crippen LogP contribution < -0.4 is 4.72 Å². The molecule has 2 aliphatic rings. The zero-order valence-corrected chi connectivity index (χ0v) is 14.0. The lowest BCUT2D eigenvalue weighted by atomic mass is 10.1. The maximum Gasteiger partial charge on any atom is 0.255 e. The summed E-state index contributed by atoms with van der Waals surface area (Å²) in [6.45, 7) is 2.66. The Balaban J connectivity index is 1.45. The van der Waals surface area contributed by atoms with E-state index in [2.05, 4.69) is 14.9 Å². The highest BCUT2D eigenvalue weighted by atomic mass is 32.2. The van der Waals surface area contributed by atoms with Gasteiger partial charge >= 0.3 is 0 Å². The van der Waals surface area contributed by atoms with E-state index in [9.17, 15) is 8.42 Å². The molecular formula is C14H23N3O5S. The fourth-order valence-corrected chi connectivity index (χ4v) is 4.25. The fourth-order valence-electron chi connectivity index (χ4n) is 2.94. The van der Waals surface area contributed by atoms with Gasteiger partial charge in [0.2, 0.25) is 10.0 Å². The van der Waals surface area contributed by atoms with Crippen LogP contribution >= 0.6 is 0 Å². The van der Waals surface area contributed by atoms with Gasteiger partial charge in [-0.1, -0.05) is 5.16 Å². The molecule has 0 aliphatic carbocycles. The highest BCUT2D eigenvalue weighted by Crippen LogP contribution is 2.31. The van der Waals surface area contributed by atoms with Crippen molar-refractivity contribution in [3.8, 4) is 0 Å². The first-order chi connectivity index (χ1) is 11.0. The Morgan fingerprint density at radius 2 is 2.09 bits per heavy atom. The molecule has 1 unspecified atom stereocenters. The summed E-state index contributed by atoms with van der Waals surface area (Å²) in [5.41, 5.74) is 0. The molecule has 2 fully saturated rings. The first-order valence-electron chi connectivity index (χ1n) is 8.06. The van der Waals surface area contributed by atoms with Gasteiger partial charge < -0.3 is 14.0 Å². The molecule has 1 N–H and O–H groups in total. The van der Waals surface area contributed by atoms with Gasteiger partial charge in [0.25, 0.3) is 5.89 Å². The van der Waals surface area contributed by atoms with Crippen molar-refractivity contribution in [3.63, 3.8) is 0 Å². The Kier molecular flexibility index (Phi) is 5.30. The normalized spacial score (nSPS) is 29.0. The average Bonchev–Trinajstić information content (AvgIpc) is 3.14. The number of rotatable bonds is 6. The minimum atomic E-state index is -3.35. The molecule has 2 aliphatic heterocycles. The van der Waals surface area contributed by atoms with E-state index >= 15 is 0 Å². The van der Waals surface area contributed by atoms with Crippen LogP contribution in [0.2, 0.25) is 0 Å². The van der Waals surface area contributed by atoms with Crippen LogP contribution in [0.4, 0.5) is 0 Å². The summed E-state index contributed by atoms with van der Waals surface area (Å²) < 4.78 is 43.2. The van der Waals surface area contributed by atoms with Gasteiger partial charge in [-0.2, -0.15) is 4.98 Å². The molecule has 3 atom stereocenters. The van der Waals surface area contributed by atoms with Gasteiger partial charge in [-0.3, -0.25) is 0 Å². The molecule has 8 nitrogen and oxygen atoms in total. The largest absolute Gasteiger partial charge is 0.377 e. The predicted molar refractivity (Wildman–Crippen MR) is 81.3 cm³/mol. The first-order valence-corrected chi connectivity index (χ1v) is 9.72. The van der Waals surface area contributed by atoms with Crippen LogP contribution in [-0.2, 0) is 19.5 Å². The van der Waals surface area contributed by atoms with E-state index < -0.39 is 10.0 Å². The molecule has 1 aromatic rings. The van der Waals surface area contributed by atoms with Gasteiger partial charge in [-0.15, -0.1) is 0 Å². The third-order valence-corrected chi connectivity index (χ3v) is 5.55. The quantitative estimate of drug-likeness (QED) is 0.823. The Labute approximate surface area is 136 Å². The van der Waals surface area contributed by atoms with Gasteiger partial charge in [0.05, 0.1) is 18.0 Å². The number of ether oxygens (including phenoxy) is 2. The maximum atomic E-state index is 12.1. The molecule has 0 aromatic carbocycles. The summed E-state index contributed by atoms with van der Waals surface area (Å²) >= 11 is 0. The molecule has 0 bridgehead atoms. The van der Waals surface area contributed by atoms with Crippen LogP contribution in [0.5, 0.6) is 0 Å². The summed E-state index contributed by atoms with van der Waals surface area (Å²) in [4.78, 5) is 4.16. The predicted octanol–water partition coefficient (Wildman–Crippen LogP) is 1.09. The number of hydrogen-bond acceptors (Lipinski definition) is 7. The molecule has 3 heterocycles. The lowest BCUT2D eigenvalue weighted by Crippen LogP contribution is -2.38. The molecule has 0 radical (unpaired) electrons. The van der Waals surface area contributed by atoms with Gasteiger partial charge in [-0.25, -0.2) is 13.1 Å². The summed E-state index contributed by atoms with van der Waals surface area (Å²) in [7, 11) is -3.35. The minimum Gasteiger partial charge on any atom is -0.377 e. The van der Waals surface area contributed by atoms with Crippen molar-refractivity contribution in [1.82, 2.24) is 14.9 Å². The smallest absolute Gasteiger partial charge is 0.255 e. The van der Waals surface area contributed by atoms with Crippen LogP contribution in [0.3, 0.4) is 0 Å². The van der Waals surface area contributed by atoms with E-state index in [1.165, 1.54) is 0 Å².